The summed E-state index contributed by atoms with van der Waals surface area (Å²) >= 11 is 0. The highest BCUT2D eigenvalue weighted by Gasteiger charge is 2.28. The maximum atomic E-state index is 12.6. The van der Waals surface area contributed by atoms with Gasteiger partial charge in [-0.15, -0.1) is 12.4 Å². The van der Waals surface area contributed by atoms with E-state index in [4.69, 9.17) is 4.74 Å². The lowest BCUT2D eigenvalue weighted by molar-refractivity contribution is 0.0737. The van der Waals surface area contributed by atoms with Crippen molar-refractivity contribution >= 4 is 18.3 Å². The van der Waals surface area contributed by atoms with Crippen LogP contribution < -0.4 is 10.1 Å². The number of nitrogens with zero attached hydrogens (tertiary/aromatic N) is 1. The molecule has 0 aromatic heterocycles. The Kier molecular flexibility index (Phi) is 8.42. The Morgan fingerprint density at radius 3 is 2.65 bits per heavy atom. The first-order valence-electron chi connectivity index (χ1n) is 8.30. The molecule has 1 aliphatic rings. The van der Waals surface area contributed by atoms with Crippen molar-refractivity contribution in [2.24, 2.45) is 5.92 Å². The number of hydrogen-bond acceptors (Lipinski definition) is 3. The van der Waals surface area contributed by atoms with E-state index in [1.807, 2.05) is 36.2 Å². The van der Waals surface area contributed by atoms with Crippen LogP contribution in [-0.4, -0.2) is 43.6 Å². The number of halogens is 1. The molecule has 0 aliphatic carbocycles. The number of carbonyl (C=O) groups is 1. The molecule has 0 saturated carbocycles. The fraction of sp³-hybridized carbons (Fsp3) is 0.611. The highest BCUT2D eigenvalue weighted by Crippen LogP contribution is 2.21. The van der Waals surface area contributed by atoms with Crippen molar-refractivity contribution in [1.29, 1.82) is 0 Å². The van der Waals surface area contributed by atoms with Gasteiger partial charge < -0.3 is 15.0 Å². The molecule has 0 radical (unpaired) electrons. The van der Waals surface area contributed by atoms with Crippen molar-refractivity contribution in [2.75, 3.05) is 26.7 Å². The second-order valence-corrected chi connectivity index (χ2v) is 6.41. The lowest BCUT2D eigenvalue weighted by Crippen LogP contribution is -2.40. The summed E-state index contributed by atoms with van der Waals surface area (Å²) in [5.74, 6) is 1.61. The van der Waals surface area contributed by atoms with Gasteiger partial charge >= 0.3 is 0 Å². The van der Waals surface area contributed by atoms with Crippen LogP contribution in [0.15, 0.2) is 24.3 Å². The Bertz CT molecular complexity index is 476. The van der Waals surface area contributed by atoms with Gasteiger partial charge in [0.1, 0.15) is 5.75 Å². The van der Waals surface area contributed by atoms with Crippen LogP contribution in [0, 0.1) is 5.92 Å². The van der Waals surface area contributed by atoms with Gasteiger partial charge in [-0.3, -0.25) is 4.79 Å². The molecule has 23 heavy (non-hydrogen) atoms. The van der Waals surface area contributed by atoms with Gasteiger partial charge in [0.05, 0.1) is 6.61 Å². The zero-order valence-corrected chi connectivity index (χ0v) is 15.2. The molecule has 1 unspecified atom stereocenters. The smallest absolute Gasteiger partial charge is 0.254 e. The molecule has 1 saturated heterocycles. The van der Waals surface area contributed by atoms with Crippen LogP contribution in [0.5, 0.6) is 5.75 Å². The van der Waals surface area contributed by atoms with Crippen LogP contribution in [0.1, 0.15) is 43.5 Å². The van der Waals surface area contributed by atoms with Gasteiger partial charge in [0.15, 0.2) is 0 Å². The van der Waals surface area contributed by atoms with Crippen molar-refractivity contribution < 1.29 is 9.53 Å². The maximum absolute atomic E-state index is 12.6. The van der Waals surface area contributed by atoms with Crippen molar-refractivity contribution in [3.63, 3.8) is 0 Å². The summed E-state index contributed by atoms with van der Waals surface area (Å²) in [4.78, 5) is 14.6. The zero-order chi connectivity index (χ0) is 15.9. The molecule has 1 aliphatic heterocycles. The molecule has 0 bridgehead atoms. The third-order valence-electron chi connectivity index (χ3n) is 4.14. The molecule has 1 heterocycles. The molecule has 1 atom stereocenters. The highest BCUT2D eigenvalue weighted by atomic mass is 35.5. The fourth-order valence-corrected chi connectivity index (χ4v) is 2.82. The first-order chi connectivity index (χ1) is 10.6. The Hall–Kier alpha value is -1.26. The summed E-state index contributed by atoms with van der Waals surface area (Å²) in [6.45, 7) is 6.81. The van der Waals surface area contributed by atoms with E-state index in [0.29, 0.717) is 12.0 Å². The molecule has 4 nitrogen and oxygen atoms in total. The summed E-state index contributed by atoms with van der Waals surface area (Å²) in [5.41, 5.74) is 0.749. The van der Waals surface area contributed by atoms with Gasteiger partial charge in [-0.05, 0) is 56.5 Å². The number of amides is 1. The fourth-order valence-electron chi connectivity index (χ4n) is 2.82. The third-order valence-corrected chi connectivity index (χ3v) is 4.14. The second-order valence-electron chi connectivity index (χ2n) is 6.41. The molecule has 1 aromatic carbocycles. The SMILES string of the molecule is CNCC1CCCN1C(=O)c1ccc(OCCC(C)C)cc1.Cl. The van der Waals surface area contributed by atoms with E-state index in [-0.39, 0.29) is 18.3 Å². The standard InChI is InChI=1S/C18H28N2O2.ClH/c1-14(2)10-12-22-17-8-6-15(7-9-17)18(21)20-11-4-5-16(20)13-19-3;/h6-9,14,16,19H,4-5,10-13H2,1-3H3;1H. The van der Waals surface area contributed by atoms with Gasteiger partial charge in [0.25, 0.3) is 5.91 Å². The number of benzene rings is 1. The van der Waals surface area contributed by atoms with Crippen molar-refractivity contribution in [3.8, 4) is 5.75 Å². The number of rotatable bonds is 7. The Balaban J connectivity index is 0.00000264. The predicted octanol–water partition coefficient (Wildman–Crippen LogP) is 3.36. The number of hydrogen-bond donors (Lipinski definition) is 1. The molecule has 1 N–H and O–H groups in total. The Labute approximate surface area is 146 Å². The Morgan fingerprint density at radius 1 is 1.35 bits per heavy atom. The minimum absolute atomic E-state index is 0. The summed E-state index contributed by atoms with van der Waals surface area (Å²) < 4.78 is 5.70. The average molecular weight is 341 g/mol. The normalized spacial score (nSPS) is 17.2. The number of ether oxygens (including phenoxy) is 1. The molecule has 1 fully saturated rings. The van der Waals surface area contributed by atoms with Gasteiger partial charge in [0.2, 0.25) is 0 Å². The van der Waals surface area contributed by atoms with E-state index >= 15 is 0 Å². The first kappa shape index (κ1) is 19.8. The summed E-state index contributed by atoms with van der Waals surface area (Å²) in [7, 11) is 1.93. The van der Waals surface area contributed by atoms with Gasteiger partial charge in [-0.2, -0.15) is 0 Å². The number of likely N-dealkylation sites (tertiary alicyclic amines) is 1. The lowest BCUT2D eigenvalue weighted by atomic mass is 10.1. The van der Waals surface area contributed by atoms with E-state index in [9.17, 15) is 4.79 Å². The van der Waals surface area contributed by atoms with Gasteiger partial charge in [-0.25, -0.2) is 0 Å². The van der Waals surface area contributed by atoms with Gasteiger partial charge in [0, 0.05) is 24.7 Å². The molecule has 0 spiro atoms. The lowest BCUT2D eigenvalue weighted by Gasteiger charge is -2.24. The van der Waals surface area contributed by atoms with E-state index in [0.717, 1.165) is 50.3 Å². The molecule has 130 valence electrons. The van der Waals surface area contributed by atoms with Crippen molar-refractivity contribution in [3.05, 3.63) is 29.8 Å². The molecular formula is C18H29ClN2O2. The number of likely N-dealkylation sites (N-methyl/N-ethyl adjacent to an activating group) is 1. The van der Waals surface area contributed by atoms with Crippen LogP contribution in [0.4, 0.5) is 0 Å². The minimum Gasteiger partial charge on any atom is -0.494 e. The predicted molar refractivity (Wildman–Crippen MR) is 96.6 cm³/mol. The Morgan fingerprint density at radius 2 is 2.04 bits per heavy atom. The number of carbonyl (C=O) groups excluding carboxylic acids is 1. The highest BCUT2D eigenvalue weighted by molar-refractivity contribution is 5.94. The van der Waals surface area contributed by atoms with Crippen LogP contribution >= 0.6 is 12.4 Å². The van der Waals surface area contributed by atoms with E-state index in [1.54, 1.807) is 0 Å². The third kappa shape index (κ3) is 5.70. The maximum Gasteiger partial charge on any atom is 0.254 e. The molecule has 2 rings (SSSR count). The topological polar surface area (TPSA) is 41.6 Å². The largest absolute Gasteiger partial charge is 0.494 e. The molecule has 5 heteroatoms. The first-order valence-corrected chi connectivity index (χ1v) is 8.30. The quantitative estimate of drug-likeness (QED) is 0.827. The van der Waals surface area contributed by atoms with Gasteiger partial charge in [-0.1, -0.05) is 13.8 Å². The van der Waals surface area contributed by atoms with E-state index < -0.39 is 0 Å². The average Bonchev–Trinajstić information content (AvgIpc) is 2.95. The van der Waals surface area contributed by atoms with Crippen LogP contribution in [0.3, 0.4) is 0 Å². The van der Waals surface area contributed by atoms with Crippen molar-refractivity contribution in [1.82, 2.24) is 10.2 Å². The zero-order valence-electron chi connectivity index (χ0n) is 14.4. The summed E-state index contributed by atoms with van der Waals surface area (Å²) in [6.07, 6.45) is 3.22. The van der Waals surface area contributed by atoms with Crippen molar-refractivity contribution in [2.45, 2.75) is 39.2 Å². The van der Waals surface area contributed by atoms with Crippen LogP contribution in [-0.2, 0) is 0 Å². The molecule has 1 aromatic rings. The molecule has 1 amide bonds. The summed E-state index contributed by atoms with van der Waals surface area (Å²) in [5, 5.41) is 3.17. The van der Waals surface area contributed by atoms with Crippen LogP contribution in [0.25, 0.3) is 0 Å². The second kappa shape index (κ2) is 9.78. The summed E-state index contributed by atoms with van der Waals surface area (Å²) in [6, 6.07) is 7.87. The van der Waals surface area contributed by atoms with E-state index in [1.165, 1.54) is 0 Å². The van der Waals surface area contributed by atoms with Crippen LogP contribution in [0.2, 0.25) is 0 Å². The molecular weight excluding hydrogens is 312 g/mol. The monoisotopic (exact) mass is 340 g/mol. The minimum atomic E-state index is 0. The number of nitrogens with one attached hydrogen (secondary N) is 1. The van der Waals surface area contributed by atoms with E-state index in [2.05, 4.69) is 19.2 Å².